The van der Waals surface area contributed by atoms with Crippen molar-refractivity contribution in [2.75, 3.05) is 43.9 Å². The number of rotatable bonds is 5. The monoisotopic (exact) mass is 479 g/mol. The summed E-state index contributed by atoms with van der Waals surface area (Å²) in [5.74, 6) is 1.28. The lowest BCUT2D eigenvalue weighted by atomic mass is 9.91. The number of carbonyl (C=O) groups is 1. The van der Waals surface area contributed by atoms with E-state index in [9.17, 15) is 13.2 Å². The van der Waals surface area contributed by atoms with Crippen LogP contribution in [0.4, 0.5) is 10.5 Å². The highest BCUT2D eigenvalue weighted by Gasteiger charge is 2.44. The van der Waals surface area contributed by atoms with Crippen molar-refractivity contribution in [3.8, 4) is 5.75 Å². The van der Waals surface area contributed by atoms with Crippen molar-refractivity contribution in [1.82, 2.24) is 9.21 Å². The van der Waals surface area contributed by atoms with Crippen LogP contribution in [0.25, 0.3) is 0 Å². The Bertz CT molecular complexity index is 922. The van der Waals surface area contributed by atoms with E-state index >= 15 is 0 Å². The summed E-state index contributed by atoms with van der Waals surface area (Å²) in [6.45, 7) is 8.79. The van der Waals surface area contributed by atoms with E-state index in [-0.39, 0.29) is 18.2 Å². The van der Waals surface area contributed by atoms with Crippen LogP contribution in [-0.4, -0.2) is 80.4 Å². The van der Waals surface area contributed by atoms with E-state index in [1.807, 2.05) is 49.9 Å². The van der Waals surface area contributed by atoms with Crippen molar-refractivity contribution in [2.45, 2.75) is 64.1 Å². The third-order valence-electron chi connectivity index (χ3n) is 6.83. The predicted octanol–water partition coefficient (Wildman–Crippen LogP) is 3.33. The normalized spacial score (nSPS) is 26.4. The molecule has 3 heterocycles. The van der Waals surface area contributed by atoms with Gasteiger partial charge in [-0.1, -0.05) is 0 Å². The van der Waals surface area contributed by atoms with Crippen LogP contribution in [0.2, 0.25) is 0 Å². The fourth-order valence-electron chi connectivity index (χ4n) is 5.28. The molecule has 1 aromatic carbocycles. The maximum Gasteiger partial charge on any atom is 0.410 e. The average molecular weight is 480 g/mol. The minimum absolute atomic E-state index is 0.178. The molecule has 1 aromatic rings. The average Bonchev–Trinajstić information content (AvgIpc) is 3.01. The largest absolute Gasteiger partial charge is 0.493 e. The molecule has 0 spiro atoms. The summed E-state index contributed by atoms with van der Waals surface area (Å²) in [5.41, 5.74) is 0.614. The molecule has 1 amide bonds. The van der Waals surface area contributed by atoms with Gasteiger partial charge in [-0.25, -0.2) is 13.2 Å². The number of benzene rings is 1. The molecular weight excluding hydrogens is 442 g/mol. The quantitative estimate of drug-likeness (QED) is 0.645. The number of piperidine rings is 1. The van der Waals surface area contributed by atoms with E-state index in [2.05, 4.69) is 4.90 Å². The Kier molecular flexibility index (Phi) is 6.82. The molecule has 0 radical (unpaired) electrons. The Balaban J connectivity index is 1.26. The second-order valence-corrected chi connectivity index (χ2v) is 12.5. The Morgan fingerprint density at radius 2 is 1.58 bits per heavy atom. The lowest BCUT2D eigenvalue weighted by Gasteiger charge is -2.39. The maximum absolute atomic E-state index is 12.6. The number of sulfonamides is 1. The Hall–Kier alpha value is -2.00. The lowest BCUT2D eigenvalue weighted by Crippen LogP contribution is -2.49. The van der Waals surface area contributed by atoms with Gasteiger partial charge in [0.15, 0.2) is 0 Å². The highest BCUT2D eigenvalue weighted by Crippen LogP contribution is 2.39. The summed E-state index contributed by atoms with van der Waals surface area (Å²) < 4.78 is 36.7. The van der Waals surface area contributed by atoms with E-state index < -0.39 is 15.6 Å². The Morgan fingerprint density at radius 1 is 1.00 bits per heavy atom. The molecule has 3 aliphatic heterocycles. The summed E-state index contributed by atoms with van der Waals surface area (Å²) >= 11 is 0. The van der Waals surface area contributed by atoms with Crippen LogP contribution in [0.3, 0.4) is 0 Å². The fraction of sp³-hybridized carbons (Fsp3) is 0.708. The van der Waals surface area contributed by atoms with Crippen LogP contribution in [0.5, 0.6) is 5.75 Å². The smallest absolute Gasteiger partial charge is 0.410 e. The van der Waals surface area contributed by atoms with Gasteiger partial charge in [0, 0.05) is 44.0 Å². The second-order valence-electron chi connectivity index (χ2n) is 10.6. The van der Waals surface area contributed by atoms with E-state index in [1.54, 1.807) is 0 Å². The molecule has 2 bridgehead atoms. The molecule has 8 nitrogen and oxygen atoms in total. The lowest BCUT2D eigenvalue weighted by molar-refractivity contribution is -0.000964. The molecule has 0 N–H and O–H groups in total. The number of ether oxygens (including phenoxy) is 2. The molecule has 3 aliphatic rings. The van der Waals surface area contributed by atoms with Crippen LogP contribution >= 0.6 is 0 Å². The van der Waals surface area contributed by atoms with Gasteiger partial charge in [0.1, 0.15) is 11.4 Å². The minimum atomic E-state index is -3.12. The number of fused-ring (bicyclic) bond motifs is 2. The molecule has 33 heavy (non-hydrogen) atoms. The Labute approximate surface area is 197 Å². The molecule has 3 atom stereocenters. The van der Waals surface area contributed by atoms with Gasteiger partial charge in [-0.15, -0.1) is 0 Å². The topological polar surface area (TPSA) is 79.4 Å². The molecule has 184 valence electrons. The third kappa shape index (κ3) is 5.93. The summed E-state index contributed by atoms with van der Waals surface area (Å²) in [5, 5.41) is 0. The van der Waals surface area contributed by atoms with E-state index in [1.165, 1.54) is 10.6 Å². The van der Waals surface area contributed by atoms with Crippen LogP contribution in [-0.2, 0) is 14.8 Å². The van der Waals surface area contributed by atoms with Crippen molar-refractivity contribution in [2.24, 2.45) is 5.92 Å². The predicted molar refractivity (Wildman–Crippen MR) is 128 cm³/mol. The first-order chi connectivity index (χ1) is 15.5. The maximum atomic E-state index is 12.6. The van der Waals surface area contributed by atoms with Gasteiger partial charge in [-0.05, 0) is 76.6 Å². The molecule has 4 rings (SSSR count). The Morgan fingerprint density at radius 3 is 2.09 bits per heavy atom. The number of amides is 1. The fourth-order valence-corrected chi connectivity index (χ4v) is 6.11. The van der Waals surface area contributed by atoms with Crippen molar-refractivity contribution in [3.63, 3.8) is 0 Å². The van der Waals surface area contributed by atoms with Crippen LogP contribution < -0.4 is 9.64 Å². The molecule has 3 saturated heterocycles. The van der Waals surface area contributed by atoms with Crippen molar-refractivity contribution >= 4 is 21.8 Å². The van der Waals surface area contributed by atoms with Crippen LogP contribution in [0, 0.1) is 5.92 Å². The van der Waals surface area contributed by atoms with Crippen LogP contribution in [0.15, 0.2) is 24.3 Å². The van der Waals surface area contributed by atoms with E-state index in [0.29, 0.717) is 38.7 Å². The zero-order valence-corrected chi connectivity index (χ0v) is 21.0. The van der Waals surface area contributed by atoms with Crippen LogP contribution in [0.1, 0.15) is 46.5 Å². The molecule has 0 unspecified atom stereocenters. The number of anilines is 1. The molecular formula is C24H37N3O5S. The molecule has 0 saturated carbocycles. The third-order valence-corrected chi connectivity index (χ3v) is 8.13. The van der Waals surface area contributed by atoms with Gasteiger partial charge in [-0.2, -0.15) is 4.31 Å². The van der Waals surface area contributed by atoms with E-state index in [0.717, 1.165) is 37.1 Å². The summed E-state index contributed by atoms with van der Waals surface area (Å²) in [4.78, 5) is 16.8. The molecule has 0 aromatic heterocycles. The molecule has 0 aliphatic carbocycles. The first-order valence-electron chi connectivity index (χ1n) is 11.9. The van der Waals surface area contributed by atoms with Gasteiger partial charge in [0.2, 0.25) is 10.0 Å². The second kappa shape index (κ2) is 9.33. The minimum Gasteiger partial charge on any atom is -0.493 e. The van der Waals surface area contributed by atoms with Gasteiger partial charge >= 0.3 is 6.09 Å². The molecule has 3 fully saturated rings. The molecule has 9 heteroatoms. The number of carbonyl (C=O) groups excluding carboxylic acids is 1. The summed E-state index contributed by atoms with van der Waals surface area (Å²) in [6.07, 6.45) is 5.09. The summed E-state index contributed by atoms with van der Waals surface area (Å²) in [7, 11) is -3.12. The highest BCUT2D eigenvalue weighted by atomic mass is 32.2. The zero-order chi connectivity index (χ0) is 23.8. The number of piperazine rings is 1. The number of hydrogen-bond acceptors (Lipinski definition) is 6. The number of hydrogen-bond donors (Lipinski definition) is 0. The van der Waals surface area contributed by atoms with Gasteiger partial charge in [0.05, 0.1) is 12.9 Å². The van der Waals surface area contributed by atoms with Gasteiger partial charge in [-0.3, -0.25) is 0 Å². The standard InChI is InChI=1S/C24H37N3O5S/c1-24(2,3)32-23(28)27-20-5-6-21(27)16-18(15-20)17-31-22-9-7-19(8-10-22)25-11-13-26(14-12-25)33(4,29)30/h7-10,18,20-21H,5-6,11-17H2,1-4H3/t18-,20+,21-. The van der Waals surface area contributed by atoms with Crippen molar-refractivity contribution in [1.29, 1.82) is 0 Å². The number of nitrogens with zero attached hydrogens (tertiary/aromatic N) is 3. The zero-order valence-electron chi connectivity index (χ0n) is 20.2. The van der Waals surface area contributed by atoms with Gasteiger partial charge in [0.25, 0.3) is 0 Å². The summed E-state index contributed by atoms with van der Waals surface area (Å²) in [6, 6.07) is 8.56. The first-order valence-corrected chi connectivity index (χ1v) is 13.8. The SMILES string of the molecule is CC(C)(C)OC(=O)N1[C@@H]2CC[C@H]1C[C@@H](COc1ccc(N3CCN(S(C)(=O)=O)CC3)cc1)C2. The highest BCUT2D eigenvalue weighted by molar-refractivity contribution is 7.88. The van der Waals surface area contributed by atoms with Gasteiger partial charge < -0.3 is 19.3 Å². The van der Waals surface area contributed by atoms with Crippen molar-refractivity contribution in [3.05, 3.63) is 24.3 Å². The van der Waals surface area contributed by atoms with Crippen molar-refractivity contribution < 1.29 is 22.7 Å². The first kappa shape index (κ1) is 24.1. The van der Waals surface area contributed by atoms with E-state index in [4.69, 9.17) is 9.47 Å².